The molecular weight excluding hydrogens is 399 g/mol. The highest BCUT2D eigenvalue weighted by atomic mass is 19.4. The Kier molecular flexibility index (Phi) is 4.27. The van der Waals surface area contributed by atoms with E-state index in [0.717, 1.165) is 19.3 Å². The van der Waals surface area contributed by atoms with E-state index in [1.54, 1.807) is 0 Å². The molecule has 0 unspecified atom stereocenters. The number of rotatable bonds is 3. The van der Waals surface area contributed by atoms with Gasteiger partial charge in [0.1, 0.15) is 11.4 Å². The van der Waals surface area contributed by atoms with Gasteiger partial charge >= 0.3 is 6.36 Å². The molecule has 3 N–H and O–H groups in total. The summed E-state index contributed by atoms with van der Waals surface area (Å²) in [4.78, 5) is 28.2. The molecule has 4 saturated carbocycles. The molecule has 4 aliphatic rings. The normalized spacial score (nSPS) is 29.8. The summed E-state index contributed by atoms with van der Waals surface area (Å²) in [5, 5.41) is 0.557. The zero-order valence-corrected chi connectivity index (χ0v) is 16.1. The van der Waals surface area contributed by atoms with Crippen molar-refractivity contribution < 1.29 is 27.5 Å². The van der Waals surface area contributed by atoms with E-state index in [0.29, 0.717) is 28.7 Å². The summed E-state index contributed by atoms with van der Waals surface area (Å²) >= 11 is 0. The van der Waals surface area contributed by atoms with Crippen LogP contribution in [0.3, 0.4) is 0 Å². The molecule has 2 aromatic rings. The van der Waals surface area contributed by atoms with Crippen molar-refractivity contribution in [2.75, 3.05) is 0 Å². The smallest absolute Gasteiger partial charge is 0.406 e. The van der Waals surface area contributed by atoms with Crippen molar-refractivity contribution in [2.24, 2.45) is 23.2 Å². The number of carbonyl (C=O) groups excluding carboxylic acids is 2. The van der Waals surface area contributed by atoms with Gasteiger partial charge in [0.15, 0.2) is 0 Å². The maximum Gasteiger partial charge on any atom is 0.573 e. The molecule has 30 heavy (non-hydrogen) atoms. The number of aromatic amines is 1. The number of benzene rings is 1. The van der Waals surface area contributed by atoms with Crippen LogP contribution in [0.25, 0.3) is 10.9 Å². The molecule has 0 saturated heterocycles. The van der Waals surface area contributed by atoms with Gasteiger partial charge in [0.2, 0.25) is 5.91 Å². The van der Waals surface area contributed by atoms with Crippen LogP contribution in [-0.4, -0.2) is 23.2 Å². The molecule has 4 bridgehead atoms. The zero-order valence-electron chi connectivity index (χ0n) is 16.1. The largest absolute Gasteiger partial charge is 0.573 e. The monoisotopic (exact) mass is 421 g/mol. The Morgan fingerprint density at radius 3 is 2.23 bits per heavy atom. The third-order valence-electron chi connectivity index (χ3n) is 6.88. The van der Waals surface area contributed by atoms with Gasteiger partial charge < -0.3 is 9.72 Å². The standard InChI is InChI=1S/C21H22F3N3O3/c22-21(23,24)30-15-2-1-14-6-17(25-16(14)7-15)18(28)26-27-19(29)20-8-11-3-12(9-20)5-13(4-11)10-20/h1-2,6-7,11-13,25H,3-5,8-10H2,(H,26,28)(H,27,29). The SMILES string of the molecule is O=C(NNC(=O)C12CC3CC(CC(C3)C1)C2)c1cc2ccc(OC(F)(F)F)cc2[nH]1. The first-order valence-electron chi connectivity index (χ1n) is 10.2. The van der Waals surface area contributed by atoms with Crippen LogP contribution in [0.2, 0.25) is 0 Å². The van der Waals surface area contributed by atoms with Crippen molar-refractivity contribution >= 4 is 22.7 Å². The van der Waals surface area contributed by atoms with Crippen LogP contribution < -0.4 is 15.6 Å². The van der Waals surface area contributed by atoms with E-state index in [1.807, 2.05) is 0 Å². The van der Waals surface area contributed by atoms with Crippen LogP contribution >= 0.6 is 0 Å². The highest BCUT2D eigenvalue weighted by Crippen LogP contribution is 2.60. The minimum absolute atomic E-state index is 0.132. The first-order chi connectivity index (χ1) is 14.2. The number of ether oxygens (including phenoxy) is 1. The molecule has 4 fully saturated rings. The maximum atomic E-state index is 12.9. The molecule has 0 aliphatic heterocycles. The second-order valence-electron chi connectivity index (χ2n) is 9.09. The molecule has 6 nitrogen and oxygen atoms in total. The number of H-pyrrole nitrogens is 1. The van der Waals surface area contributed by atoms with Gasteiger partial charge in [-0.1, -0.05) is 0 Å². The average Bonchev–Trinajstić information content (AvgIpc) is 3.07. The van der Waals surface area contributed by atoms with Crippen molar-refractivity contribution in [3.05, 3.63) is 30.0 Å². The van der Waals surface area contributed by atoms with E-state index in [1.165, 1.54) is 43.5 Å². The molecule has 0 spiro atoms. The van der Waals surface area contributed by atoms with Gasteiger partial charge in [0.25, 0.3) is 5.91 Å². The Morgan fingerprint density at radius 2 is 1.63 bits per heavy atom. The van der Waals surface area contributed by atoms with Crippen molar-refractivity contribution in [2.45, 2.75) is 44.9 Å². The Balaban J connectivity index is 1.25. The summed E-state index contributed by atoms with van der Waals surface area (Å²) in [6.07, 6.45) is 1.51. The fourth-order valence-electron chi connectivity index (χ4n) is 6.13. The Labute approximate surface area is 170 Å². The minimum atomic E-state index is -4.79. The molecule has 1 aromatic heterocycles. The molecule has 0 atom stereocenters. The van der Waals surface area contributed by atoms with E-state index in [-0.39, 0.29) is 22.8 Å². The van der Waals surface area contributed by atoms with Crippen molar-refractivity contribution in [1.82, 2.24) is 15.8 Å². The van der Waals surface area contributed by atoms with Crippen molar-refractivity contribution in [3.8, 4) is 5.75 Å². The molecule has 6 rings (SSSR count). The lowest BCUT2D eigenvalue weighted by molar-refractivity contribution is -0.274. The lowest BCUT2D eigenvalue weighted by atomic mass is 9.49. The van der Waals surface area contributed by atoms with E-state index in [2.05, 4.69) is 20.6 Å². The molecule has 1 heterocycles. The third kappa shape index (κ3) is 3.50. The molecule has 1 aromatic carbocycles. The number of halogens is 3. The molecule has 9 heteroatoms. The van der Waals surface area contributed by atoms with Gasteiger partial charge in [-0.25, -0.2) is 0 Å². The Morgan fingerprint density at radius 1 is 1.00 bits per heavy atom. The van der Waals surface area contributed by atoms with Gasteiger partial charge in [0, 0.05) is 17.0 Å². The lowest BCUT2D eigenvalue weighted by Crippen LogP contribution is -2.56. The van der Waals surface area contributed by atoms with Crippen LogP contribution in [-0.2, 0) is 4.79 Å². The number of hydrogen-bond donors (Lipinski definition) is 3. The van der Waals surface area contributed by atoms with E-state index in [4.69, 9.17) is 0 Å². The summed E-state index contributed by atoms with van der Waals surface area (Å²) in [7, 11) is 0. The van der Waals surface area contributed by atoms with Gasteiger partial charge in [-0.2, -0.15) is 0 Å². The Bertz CT molecular complexity index is 979. The number of alkyl halides is 3. The average molecular weight is 421 g/mol. The van der Waals surface area contributed by atoms with Gasteiger partial charge in [-0.3, -0.25) is 20.4 Å². The van der Waals surface area contributed by atoms with E-state index >= 15 is 0 Å². The predicted molar refractivity (Wildman–Crippen MR) is 101 cm³/mol. The van der Waals surface area contributed by atoms with Crippen LogP contribution in [0, 0.1) is 23.2 Å². The summed E-state index contributed by atoms with van der Waals surface area (Å²) in [5.41, 5.74) is 5.13. The summed E-state index contributed by atoms with van der Waals surface area (Å²) in [5.74, 6) is 0.770. The molecule has 2 amide bonds. The number of aromatic nitrogens is 1. The number of amides is 2. The molecule has 0 radical (unpaired) electrons. The fraction of sp³-hybridized carbons (Fsp3) is 0.524. The number of carbonyl (C=O) groups is 2. The third-order valence-corrected chi connectivity index (χ3v) is 6.88. The van der Waals surface area contributed by atoms with Crippen molar-refractivity contribution in [1.29, 1.82) is 0 Å². The second-order valence-corrected chi connectivity index (χ2v) is 9.09. The highest BCUT2D eigenvalue weighted by molar-refractivity contribution is 5.99. The van der Waals surface area contributed by atoms with E-state index in [9.17, 15) is 22.8 Å². The second kappa shape index (κ2) is 6.65. The number of fused-ring (bicyclic) bond motifs is 1. The summed E-state index contributed by atoms with van der Waals surface area (Å²) in [6.45, 7) is 0. The molecular formula is C21H22F3N3O3. The lowest BCUT2D eigenvalue weighted by Gasteiger charge is -2.55. The predicted octanol–water partition coefficient (Wildman–Crippen LogP) is 4.04. The van der Waals surface area contributed by atoms with Crippen LogP contribution in [0.15, 0.2) is 24.3 Å². The topological polar surface area (TPSA) is 83.2 Å². The first-order valence-corrected chi connectivity index (χ1v) is 10.2. The minimum Gasteiger partial charge on any atom is -0.406 e. The number of nitrogens with one attached hydrogen (secondary N) is 3. The summed E-state index contributed by atoms with van der Waals surface area (Å²) < 4.78 is 41.0. The fourth-order valence-corrected chi connectivity index (χ4v) is 6.13. The maximum absolute atomic E-state index is 12.9. The van der Waals surface area contributed by atoms with Crippen LogP contribution in [0.4, 0.5) is 13.2 Å². The number of hydrogen-bond acceptors (Lipinski definition) is 3. The highest BCUT2D eigenvalue weighted by Gasteiger charge is 2.54. The van der Waals surface area contributed by atoms with Crippen LogP contribution in [0.5, 0.6) is 5.75 Å². The van der Waals surface area contributed by atoms with Crippen molar-refractivity contribution in [3.63, 3.8) is 0 Å². The van der Waals surface area contributed by atoms with Crippen LogP contribution in [0.1, 0.15) is 49.0 Å². The van der Waals surface area contributed by atoms with Gasteiger partial charge in [-0.15, -0.1) is 13.2 Å². The van der Waals surface area contributed by atoms with Gasteiger partial charge in [-0.05, 0) is 74.5 Å². The quantitative estimate of drug-likeness (QED) is 0.654. The first kappa shape index (κ1) is 19.3. The molecule has 4 aliphatic carbocycles. The van der Waals surface area contributed by atoms with E-state index < -0.39 is 12.3 Å². The number of hydrazine groups is 1. The summed E-state index contributed by atoms with van der Waals surface area (Å²) in [6, 6.07) is 5.30. The van der Waals surface area contributed by atoms with Gasteiger partial charge in [0.05, 0.1) is 5.41 Å². The Hall–Kier alpha value is -2.71. The molecule has 160 valence electrons. The zero-order chi connectivity index (χ0) is 21.1.